The van der Waals surface area contributed by atoms with Gasteiger partial charge in [0.1, 0.15) is 0 Å². The molecular formula is C14H25N3S. The molecule has 0 saturated carbocycles. The molecule has 2 rings (SSSR count). The largest absolute Gasteiger partial charge is 0.308 e. The summed E-state index contributed by atoms with van der Waals surface area (Å²) < 4.78 is 0. The first kappa shape index (κ1) is 14.0. The summed E-state index contributed by atoms with van der Waals surface area (Å²) in [6.45, 7) is 10.2. The van der Waals surface area contributed by atoms with Gasteiger partial charge in [-0.2, -0.15) is 0 Å². The number of hydrogen-bond acceptors (Lipinski definition) is 4. The number of piperidine rings is 1. The molecule has 1 unspecified atom stereocenters. The van der Waals surface area contributed by atoms with Crippen molar-refractivity contribution in [3.63, 3.8) is 0 Å². The molecule has 1 saturated heterocycles. The van der Waals surface area contributed by atoms with Crippen LogP contribution in [-0.2, 0) is 0 Å². The molecule has 1 aromatic heterocycles. The summed E-state index contributed by atoms with van der Waals surface area (Å²) in [6.07, 6.45) is 2.58. The third-order valence-corrected chi connectivity index (χ3v) is 4.90. The number of aryl methyl sites for hydroxylation is 1. The van der Waals surface area contributed by atoms with Gasteiger partial charge in [0.2, 0.25) is 0 Å². The minimum absolute atomic E-state index is 0.367. The minimum atomic E-state index is 0.367. The van der Waals surface area contributed by atoms with E-state index < -0.39 is 0 Å². The van der Waals surface area contributed by atoms with Gasteiger partial charge < -0.3 is 10.2 Å². The van der Waals surface area contributed by atoms with Crippen molar-refractivity contribution in [2.75, 3.05) is 26.7 Å². The number of nitrogens with one attached hydrogen (secondary N) is 1. The van der Waals surface area contributed by atoms with E-state index in [4.69, 9.17) is 0 Å². The Labute approximate surface area is 115 Å². The van der Waals surface area contributed by atoms with Gasteiger partial charge in [-0.25, -0.2) is 4.98 Å². The molecule has 1 aromatic rings. The molecule has 4 heteroatoms. The van der Waals surface area contributed by atoms with Crippen LogP contribution in [-0.4, -0.2) is 36.6 Å². The summed E-state index contributed by atoms with van der Waals surface area (Å²) in [5, 5.41) is 6.99. The summed E-state index contributed by atoms with van der Waals surface area (Å²) in [6, 6.07) is 0.367. The maximum absolute atomic E-state index is 4.56. The maximum atomic E-state index is 4.56. The van der Waals surface area contributed by atoms with Crippen molar-refractivity contribution in [2.24, 2.45) is 5.41 Å². The van der Waals surface area contributed by atoms with Crippen LogP contribution in [0.4, 0.5) is 0 Å². The first-order chi connectivity index (χ1) is 8.48. The van der Waals surface area contributed by atoms with Crippen LogP contribution in [0.25, 0.3) is 0 Å². The number of aromatic nitrogens is 1. The molecular weight excluding hydrogens is 242 g/mol. The molecule has 0 amide bonds. The fourth-order valence-electron chi connectivity index (χ4n) is 2.42. The van der Waals surface area contributed by atoms with E-state index in [0.717, 1.165) is 11.6 Å². The Balaban J connectivity index is 1.84. The maximum Gasteiger partial charge on any atom is 0.0898 e. The van der Waals surface area contributed by atoms with Gasteiger partial charge in [-0.3, -0.25) is 0 Å². The van der Waals surface area contributed by atoms with Gasteiger partial charge in [0.05, 0.1) is 10.7 Å². The van der Waals surface area contributed by atoms with Gasteiger partial charge in [-0.15, -0.1) is 11.3 Å². The number of rotatable bonds is 4. The first-order valence-corrected chi connectivity index (χ1v) is 7.70. The minimum Gasteiger partial charge on any atom is -0.308 e. The smallest absolute Gasteiger partial charge is 0.0898 e. The summed E-state index contributed by atoms with van der Waals surface area (Å²) in [4.78, 5) is 6.98. The number of hydrogen-bond donors (Lipinski definition) is 1. The highest BCUT2D eigenvalue weighted by molar-refractivity contribution is 7.09. The molecule has 102 valence electrons. The van der Waals surface area contributed by atoms with Crippen LogP contribution in [0.3, 0.4) is 0 Å². The molecule has 1 atom stereocenters. The zero-order valence-corrected chi connectivity index (χ0v) is 12.8. The van der Waals surface area contributed by atoms with Gasteiger partial charge >= 0.3 is 0 Å². The van der Waals surface area contributed by atoms with Crippen molar-refractivity contribution in [2.45, 2.75) is 39.7 Å². The Kier molecular flexibility index (Phi) is 4.41. The fourth-order valence-corrected chi connectivity index (χ4v) is 3.12. The van der Waals surface area contributed by atoms with Crippen molar-refractivity contribution >= 4 is 11.3 Å². The average molecular weight is 267 g/mol. The second kappa shape index (κ2) is 5.68. The van der Waals surface area contributed by atoms with E-state index in [2.05, 4.69) is 48.4 Å². The number of nitrogens with zero attached hydrogens (tertiary/aromatic N) is 2. The zero-order valence-electron chi connectivity index (χ0n) is 12.0. The molecule has 1 aliphatic rings. The van der Waals surface area contributed by atoms with Gasteiger partial charge in [0, 0.05) is 18.0 Å². The Morgan fingerprint density at radius 2 is 2.17 bits per heavy atom. The topological polar surface area (TPSA) is 28.2 Å². The van der Waals surface area contributed by atoms with E-state index in [1.54, 1.807) is 11.3 Å². The molecule has 0 spiro atoms. The van der Waals surface area contributed by atoms with Crippen LogP contribution in [0.1, 0.15) is 43.4 Å². The predicted molar refractivity (Wildman–Crippen MR) is 78.1 cm³/mol. The highest BCUT2D eigenvalue weighted by Gasteiger charge is 2.29. The molecule has 1 fully saturated rings. The quantitative estimate of drug-likeness (QED) is 0.909. The molecule has 2 heterocycles. The van der Waals surface area contributed by atoms with Crippen LogP contribution >= 0.6 is 11.3 Å². The number of likely N-dealkylation sites (tertiary alicyclic amines) is 1. The van der Waals surface area contributed by atoms with E-state index in [1.807, 2.05) is 0 Å². The average Bonchev–Trinajstić information content (AvgIpc) is 2.77. The van der Waals surface area contributed by atoms with E-state index in [-0.39, 0.29) is 0 Å². The van der Waals surface area contributed by atoms with E-state index in [0.29, 0.717) is 11.5 Å². The Morgan fingerprint density at radius 3 is 2.72 bits per heavy atom. The third-order valence-electron chi connectivity index (χ3n) is 4.11. The van der Waals surface area contributed by atoms with Crippen molar-refractivity contribution in [1.82, 2.24) is 15.2 Å². The number of thiazole rings is 1. The Morgan fingerprint density at radius 1 is 1.50 bits per heavy atom. The van der Waals surface area contributed by atoms with Gasteiger partial charge in [-0.1, -0.05) is 6.92 Å². The normalized spacial score (nSPS) is 22.0. The summed E-state index contributed by atoms with van der Waals surface area (Å²) in [5.74, 6) is 0. The summed E-state index contributed by atoms with van der Waals surface area (Å²) in [5.41, 5.74) is 1.64. The lowest BCUT2D eigenvalue weighted by Crippen LogP contribution is -2.42. The predicted octanol–water partition coefficient (Wildman–Crippen LogP) is 2.83. The lowest BCUT2D eigenvalue weighted by atomic mass is 9.80. The lowest BCUT2D eigenvalue weighted by molar-refractivity contribution is 0.134. The first-order valence-electron chi connectivity index (χ1n) is 6.82. The third kappa shape index (κ3) is 3.53. The highest BCUT2D eigenvalue weighted by atomic mass is 32.1. The zero-order chi connectivity index (χ0) is 13.2. The monoisotopic (exact) mass is 267 g/mol. The molecule has 18 heavy (non-hydrogen) atoms. The molecule has 1 aliphatic heterocycles. The fraction of sp³-hybridized carbons (Fsp3) is 0.786. The Bertz CT molecular complexity index is 380. The Hall–Kier alpha value is -0.450. The van der Waals surface area contributed by atoms with Crippen molar-refractivity contribution in [3.05, 3.63) is 16.1 Å². The summed E-state index contributed by atoms with van der Waals surface area (Å²) >= 11 is 1.74. The standard InChI is InChI=1S/C14H25N3S/c1-11(13-9-18-12(2)16-13)15-10-14(3)5-7-17(4)8-6-14/h9,11,15H,5-8,10H2,1-4H3. The van der Waals surface area contributed by atoms with Crippen LogP contribution in [0.5, 0.6) is 0 Å². The van der Waals surface area contributed by atoms with Gasteiger partial charge in [0.25, 0.3) is 0 Å². The summed E-state index contributed by atoms with van der Waals surface area (Å²) in [7, 11) is 2.22. The van der Waals surface area contributed by atoms with Gasteiger partial charge in [0.15, 0.2) is 0 Å². The molecule has 0 bridgehead atoms. The molecule has 1 N–H and O–H groups in total. The van der Waals surface area contributed by atoms with Crippen LogP contribution in [0, 0.1) is 12.3 Å². The second-order valence-corrected chi connectivity index (χ2v) is 7.07. The molecule has 0 aromatic carbocycles. The highest BCUT2D eigenvalue weighted by Crippen LogP contribution is 2.30. The van der Waals surface area contributed by atoms with Crippen LogP contribution in [0.2, 0.25) is 0 Å². The molecule has 3 nitrogen and oxygen atoms in total. The molecule has 0 aliphatic carbocycles. The van der Waals surface area contributed by atoms with Crippen LogP contribution < -0.4 is 5.32 Å². The van der Waals surface area contributed by atoms with Crippen molar-refractivity contribution < 1.29 is 0 Å². The SMILES string of the molecule is Cc1nc(C(C)NCC2(C)CCN(C)CC2)cs1. The van der Waals surface area contributed by atoms with Crippen LogP contribution in [0.15, 0.2) is 5.38 Å². The van der Waals surface area contributed by atoms with Gasteiger partial charge in [-0.05, 0) is 52.2 Å². The molecule has 0 radical (unpaired) electrons. The van der Waals surface area contributed by atoms with Crippen molar-refractivity contribution in [1.29, 1.82) is 0 Å². The van der Waals surface area contributed by atoms with E-state index in [1.165, 1.54) is 31.6 Å². The van der Waals surface area contributed by atoms with E-state index in [9.17, 15) is 0 Å². The van der Waals surface area contributed by atoms with E-state index >= 15 is 0 Å². The lowest BCUT2D eigenvalue weighted by Gasteiger charge is -2.38. The van der Waals surface area contributed by atoms with Crippen molar-refractivity contribution in [3.8, 4) is 0 Å². The second-order valence-electron chi connectivity index (χ2n) is 6.01.